The van der Waals surface area contributed by atoms with Gasteiger partial charge in [0, 0.05) is 31.1 Å². The molecule has 1 aromatic carbocycles. The van der Waals surface area contributed by atoms with Crippen LogP contribution in [0, 0.1) is 0 Å². The Hall–Kier alpha value is -0.670. The maximum Gasteiger partial charge on any atom is 0.0363 e. The summed E-state index contributed by atoms with van der Waals surface area (Å²) in [7, 11) is 2.17. The Morgan fingerprint density at radius 3 is 2.89 bits per heavy atom. The number of benzene rings is 1. The zero-order valence-electron chi connectivity index (χ0n) is 11.3. The molecule has 0 aliphatic carbocycles. The van der Waals surface area contributed by atoms with E-state index in [0.29, 0.717) is 0 Å². The van der Waals surface area contributed by atoms with Gasteiger partial charge in [-0.2, -0.15) is 11.8 Å². The Labute approximate surface area is 115 Å². The van der Waals surface area contributed by atoms with Crippen molar-refractivity contribution in [1.29, 1.82) is 0 Å². The van der Waals surface area contributed by atoms with Crippen molar-refractivity contribution < 1.29 is 0 Å². The van der Waals surface area contributed by atoms with Crippen molar-refractivity contribution in [2.75, 3.05) is 36.5 Å². The SMILES string of the molecule is CN(CCCNC1CCCSC1)c1ccccc1. The van der Waals surface area contributed by atoms with Gasteiger partial charge in [0.2, 0.25) is 0 Å². The Bertz CT molecular complexity index is 323. The van der Waals surface area contributed by atoms with Crippen molar-refractivity contribution in [3.8, 4) is 0 Å². The van der Waals surface area contributed by atoms with Crippen LogP contribution < -0.4 is 10.2 Å². The lowest BCUT2D eigenvalue weighted by molar-refractivity contribution is 0.501. The molecule has 0 bridgehead atoms. The highest BCUT2D eigenvalue weighted by Crippen LogP contribution is 2.16. The first-order valence-electron chi connectivity index (χ1n) is 6.93. The lowest BCUT2D eigenvalue weighted by atomic mass is 10.2. The van der Waals surface area contributed by atoms with Crippen LogP contribution in [-0.2, 0) is 0 Å². The summed E-state index contributed by atoms with van der Waals surface area (Å²) in [4.78, 5) is 2.33. The standard InChI is InChI=1S/C15H24N2S/c1-17(15-8-3-2-4-9-15)11-6-10-16-14-7-5-12-18-13-14/h2-4,8-9,14,16H,5-7,10-13H2,1H3. The van der Waals surface area contributed by atoms with Gasteiger partial charge in [0.15, 0.2) is 0 Å². The highest BCUT2D eigenvalue weighted by atomic mass is 32.2. The van der Waals surface area contributed by atoms with E-state index < -0.39 is 0 Å². The minimum atomic E-state index is 0.755. The first kappa shape index (κ1) is 13.8. The van der Waals surface area contributed by atoms with Crippen molar-refractivity contribution in [2.24, 2.45) is 0 Å². The average Bonchev–Trinajstić information content (AvgIpc) is 2.45. The Morgan fingerprint density at radius 1 is 1.33 bits per heavy atom. The van der Waals surface area contributed by atoms with E-state index in [9.17, 15) is 0 Å². The molecule has 3 heteroatoms. The number of hydrogen-bond donors (Lipinski definition) is 1. The monoisotopic (exact) mass is 264 g/mol. The predicted molar refractivity (Wildman–Crippen MR) is 82.7 cm³/mol. The van der Waals surface area contributed by atoms with Crippen molar-refractivity contribution in [3.63, 3.8) is 0 Å². The molecule has 1 aromatic rings. The lowest BCUT2D eigenvalue weighted by Crippen LogP contribution is -2.35. The third-order valence-corrected chi connectivity index (χ3v) is 4.68. The van der Waals surface area contributed by atoms with Gasteiger partial charge in [-0.15, -0.1) is 0 Å². The van der Waals surface area contributed by atoms with Crippen molar-refractivity contribution in [1.82, 2.24) is 5.32 Å². The molecule has 1 atom stereocenters. The average molecular weight is 264 g/mol. The summed E-state index contributed by atoms with van der Waals surface area (Å²) in [5.74, 6) is 2.66. The van der Waals surface area contributed by atoms with Gasteiger partial charge in [-0.1, -0.05) is 18.2 Å². The van der Waals surface area contributed by atoms with Crippen LogP contribution in [0.3, 0.4) is 0 Å². The maximum absolute atomic E-state index is 3.68. The number of rotatable bonds is 6. The maximum atomic E-state index is 3.68. The van der Waals surface area contributed by atoms with E-state index in [0.717, 1.165) is 19.1 Å². The highest BCUT2D eigenvalue weighted by molar-refractivity contribution is 7.99. The third-order valence-electron chi connectivity index (χ3n) is 3.46. The van der Waals surface area contributed by atoms with Gasteiger partial charge in [0.05, 0.1) is 0 Å². The predicted octanol–water partition coefficient (Wildman–Crippen LogP) is 3.00. The van der Waals surface area contributed by atoms with E-state index in [1.54, 1.807) is 0 Å². The van der Waals surface area contributed by atoms with E-state index in [4.69, 9.17) is 0 Å². The van der Waals surface area contributed by atoms with Gasteiger partial charge in [-0.05, 0) is 43.7 Å². The first-order valence-corrected chi connectivity index (χ1v) is 8.09. The van der Waals surface area contributed by atoms with Gasteiger partial charge in [0.1, 0.15) is 0 Å². The lowest BCUT2D eigenvalue weighted by Gasteiger charge is -2.24. The largest absolute Gasteiger partial charge is 0.375 e. The quantitative estimate of drug-likeness (QED) is 0.795. The molecule has 0 amide bonds. The molecule has 100 valence electrons. The van der Waals surface area contributed by atoms with Crippen LogP contribution in [0.1, 0.15) is 19.3 Å². The minimum Gasteiger partial charge on any atom is -0.375 e. The fourth-order valence-electron chi connectivity index (χ4n) is 2.34. The third kappa shape index (κ3) is 4.54. The molecule has 2 rings (SSSR count). The summed E-state index contributed by atoms with van der Waals surface area (Å²) in [5.41, 5.74) is 1.31. The molecule has 1 N–H and O–H groups in total. The Morgan fingerprint density at radius 2 is 2.17 bits per heavy atom. The van der Waals surface area contributed by atoms with Gasteiger partial charge < -0.3 is 10.2 Å². The molecule has 1 fully saturated rings. The summed E-state index contributed by atoms with van der Waals surface area (Å²) in [6.07, 6.45) is 3.96. The number of nitrogens with zero attached hydrogens (tertiary/aromatic N) is 1. The molecule has 18 heavy (non-hydrogen) atoms. The summed E-state index contributed by atoms with van der Waals surface area (Å²) < 4.78 is 0. The van der Waals surface area contributed by atoms with E-state index in [1.165, 1.54) is 36.5 Å². The number of nitrogens with one attached hydrogen (secondary N) is 1. The normalized spacial score (nSPS) is 19.7. The van der Waals surface area contributed by atoms with Crippen LogP contribution in [0.2, 0.25) is 0 Å². The van der Waals surface area contributed by atoms with Crippen LogP contribution in [0.15, 0.2) is 30.3 Å². The summed E-state index contributed by atoms with van der Waals surface area (Å²) >= 11 is 2.09. The molecule has 2 nitrogen and oxygen atoms in total. The molecule has 0 spiro atoms. The molecule has 0 aromatic heterocycles. The van der Waals surface area contributed by atoms with Crippen molar-refractivity contribution in [3.05, 3.63) is 30.3 Å². The smallest absolute Gasteiger partial charge is 0.0363 e. The zero-order valence-corrected chi connectivity index (χ0v) is 12.1. The number of para-hydroxylation sites is 1. The van der Waals surface area contributed by atoms with Crippen LogP contribution in [0.4, 0.5) is 5.69 Å². The summed E-state index contributed by atoms with van der Waals surface area (Å²) in [6.45, 7) is 2.26. The Balaban J connectivity index is 1.60. The number of hydrogen-bond acceptors (Lipinski definition) is 3. The Kier molecular flexibility index (Phi) is 5.88. The molecule has 1 aliphatic rings. The molecule has 1 saturated heterocycles. The first-order chi connectivity index (χ1) is 8.86. The zero-order chi connectivity index (χ0) is 12.6. The van der Waals surface area contributed by atoms with Crippen LogP contribution in [0.25, 0.3) is 0 Å². The topological polar surface area (TPSA) is 15.3 Å². The highest BCUT2D eigenvalue weighted by Gasteiger charge is 2.12. The molecular weight excluding hydrogens is 240 g/mol. The second-order valence-electron chi connectivity index (χ2n) is 4.98. The van der Waals surface area contributed by atoms with E-state index in [1.807, 2.05) is 0 Å². The fourth-order valence-corrected chi connectivity index (χ4v) is 3.44. The number of anilines is 1. The van der Waals surface area contributed by atoms with Crippen LogP contribution >= 0.6 is 11.8 Å². The molecule has 0 radical (unpaired) electrons. The van der Waals surface area contributed by atoms with Crippen LogP contribution in [-0.4, -0.2) is 37.7 Å². The molecule has 1 unspecified atom stereocenters. The molecule has 0 saturated carbocycles. The van der Waals surface area contributed by atoms with Gasteiger partial charge in [-0.3, -0.25) is 0 Å². The van der Waals surface area contributed by atoms with Gasteiger partial charge >= 0.3 is 0 Å². The summed E-state index contributed by atoms with van der Waals surface area (Å²) in [5, 5.41) is 3.68. The second-order valence-corrected chi connectivity index (χ2v) is 6.13. The fraction of sp³-hybridized carbons (Fsp3) is 0.600. The van der Waals surface area contributed by atoms with Crippen molar-refractivity contribution in [2.45, 2.75) is 25.3 Å². The van der Waals surface area contributed by atoms with E-state index in [2.05, 4.69) is 59.4 Å². The minimum absolute atomic E-state index is 0.755. The van der Waals surface area contributed by atoms with E-state index >= 15 is 0 Å². The van der Waals surface area contributed by atoms with Gasteiger partial charge in [-0.25, -0.2) is 0 Å². The summed E-state index contributed by atoms with van der Waals surface area (Å²) in [6, 6.07) is 11.4. The number of thioether (sulfide) groups is 1. The van der Waals surface area contributed by atoms with Gasteiger partial charge in [0.25, 0.3) is 0 Å². The second kappa shape index (κ2) is 7.70. The molecule has 1 heterocycles. The molecular formula is C15H24N2S. The van der Waals surface area contributed by atoms with Crippen LogP contribution in [0.5, 0.6) is 0 Å². The molecule has 1 aliphatic heterocycles. The van der Waals surface area contributed by atoms with E-state index in [-0.39, 0.29) is 0 Å². The van der Waals surface area contributed by atoms with Crippen molar-refractivity contribution >= 4 is 17.4 Å².